The van der Waals surface area contributed by atoms with Crippen LogP contribution in [0.2, 0.25) is 0 Å². The molecule has 0 aliphatic carbocycles. The quantitative estimate of drug-likeness (QED) is 0.630. The molecule has 0 amide bonds. The molecule has 1 aromatic rings. The van der Waals surface area contributed by atoms with Crippen LogP contribution in [0.1, 0.15) is 0 Å². The zero-order valence-electron chi connectivity index (χ0n) is 7.93. The van der Waals surface area contributed by atoms with Crippen molar-refractivity contribution in [1.82, 2.24) is 4.31 Å². The van der Waals surface area contributed by atoms with Gasteiger partial charge in [-0.05, 0) is 24.3 Å². The molecule has 1 saturated heterocycles. The Morgan fingerprint density at radius 1 is 1.40 bits per heavy atom. The highest BCUT2D eigenvalue weighted by Crippen LogP contribution is 2.29. The number of nitrogens with zero attached hydrogens (tertiary/aromatic N) is 1. The molecular formula is C10H10BrNO2S. The lowest BCUT2D eigenvalue weighted by atomic mass is 10.4. The topological polar surface area (TPSA) is 37.1 Å². The second-order valence-corrected chi connectivity index (χ2v) is 6.14. The molecule has 1 heterocycles. The maximum Gasteiger partial charge on any atom is 0.243 e. The summed E-state index contributed by atoms with van der Waals surface area (Å²) in [5.41, 5.74) is 0. The molecule has 0 saturated carbocycles. The summed E-state index contributed by atoms with van der Waals surface area (Å²) in [6, 6.07) is 6.60. The van der Waals surface area contributed by atoms with Crippen molar-refractivity contribution in [3.05, 3.63) is 41.4 Å². The minimum atomic E-state index is -3.30. The van der Waals surface area contributed by atoms with Gasteiger partial charge in [-0.2, -0.15) is 4.31 Å². The molecule has 2 rings (SSSR count). The molecule has 0 radical (unpaired) electrons. The van der Waals surface area contributed by atoms with Gasteiger partial charge in [0.15, 0.2) is 0 Å². The summed E-state index contributed by atoms with van der Waals surface area (Å²) in [4.78, 5) is 0.329. The van der Waals surface area contributed by atoms with Gasteiger partial charge in [0, 0.05) is 11.0 Å². The van der Waals surface area contributed by atoms with Gasteiger partial charge in [0.05, 0.1) is 10.9 Å². The molecule has 0 bridgehead atoms. The first-order valence-corrected chi connectivity index (χ1v) is 6.69. The molecule has 1 fully saturated rings. The van der Waals surface area contributed by atoms with Crippen molar-refractivity contribution in [2.24, 2.45) is 0 Å². The predicted molar refractivity (Wildman–Crippen MR) is 62.0 cm³/mol. The van der Waals surface area contributed by atoms with Crippen molar-refractivity contribution in [1.29, 1.82) is 0 Å². The van der Waals surface area contributed by atoms with Crippen molar-refractivity contribution >= 4 is 26.0 Å². The number of benzene rings is 1. The summed E-state index contributed by atoms with van der Waals surface area (Å²) in [5, 5.41) is 0. The number of sulfonamides is 1. The van der Waals surface area contributed by atoms with Crippen LogP contribution in [0.3, 0.4) is 0 Å². The summed E-state index contributed by atoms with van der Waals surface area (Å²) >= 11 is 3.27. The predicted octanol–water partition coefficient (Wildman–Crippen LogP) is 2.01. The van der Waals surface area contributed by atoms with Gasteiger partial charge in [-0.15, -0.1) is 6.58 Å². The maximum atomic E-state index is 11.9. The largest absolute Gasteiger partial charge is 0.243 e. The summed E-state index contributed by atoms with van der Waals surface area (Å²) in [7, 11) is -3.30. The molecule has 3 nitrogen and oxygen atoms in total. The first kappa shape index (κ1) is 10.9. The monoisotopic (exact) mass is 287 g/mol. The zero-order valence-corrected chi connectivity index (χ0v) is 10.3. The van der Waals surface area contributed by atoms with E-state index in [-0.39, 0.29) is 6.04 Å². The molecule has 1 aliphatic heterocycles. The van der Waals surface area contributed by atoms with E-state index in [9.17, 15) is 8.42 Å². The van der Waals surface area contributed by atoms with Gasteiger partial charge in [0.2, 0.25) is 10.0 Å². The third-order valence-electron chi connectivity index (χ3n) is 2.30. The van der Waals surface area contributed by atoms with E-state index in [0.717, 1.165) is 4.47 Å². The minimum absolute atomic E-state index is 0.0290. The van der Waals surface area contributed by atoms with E-state index in [1.807, 2.05) is 0 Å². The van der Waals surface area contributed by atoms with Gasteiger partial charge < -0.3 is 0 Å². The Morgan fingerprint density at radius 2 is 2.00 bits per heavy atom. The van der Waals surface area contributed by atoms with Gasteiger partial charge in [-0.3, -0.25) is 0 Å². The molecule has 80 valence electrons. The van der Waals surface area contributed by atoms with E-state index < -0.39 is 10.0 Å². The molecule has 5 heteroatoms. The standard InChI is InChI=1S/C10H10BrNO2S/c1-2-9-7-12(9)15(13,14)10-5-3-8(11)4-6-10/h2-6,9H,1,7H2/t9-,12?/m1/s1. The number of rotatable bonds is 3. The molecule has 1 unspecified atom stereocenters. The summed E-state index contributed by atoms with van der Waals surface area (Å²) in [5.74, 6) is 0. The van der Waals surface area contributed by atoms with Crippen LogP contribution < -0.4 is 0 Å². The van der Waals surface area contributed by atoms with E-state index in [1.54, 1.807) is 30.3 Å². The van der Waals surface area contributed by atoms with Gasteiger partial charge in [0.1, 0.15) is 0 Å². The molecule has 1 aliphatic rings. The lowest BCUT2D eigenvalue weighted by Gasteiger charge is -2.04. The third kappa shape index (κ3) is 2.00. The zero-order chi connectivity index (χ0) is 11.1. The van der Waals surface area contributed by atoms with Gasteiger partial charge in [-0.1, -0.05) is 22.0 Å². The first-order valence-electron chi connectivity index (χ1n) is 4.45. The molecular weight excluding hydrogens is 278 g/mol. The fraction of sp³-hybridized carbons (Fsp3) is 0.200. The average Bonchev–Trinajstić information content (AvgIpc) is 2.98. The maximum absolute atomic E-state index is 11.9. The van der Waals surface area contributed by atoms with Gasteiger partial charge in [0.25, 0.3) is 0 Å². The number of hydrogen-bond donors (Lipinski definition) is 0. The van der Waals surface area contributed by atoms with Crippen LogP contribution in [0.15, 0.2) is 46.3 Å². The summed E-state index contributed by atoms with van der Waals surface area (Å²) in [6.07, 6.45) is 1.65. The van der Waals surface area contributed by atoms with Crippen LogP contribution in [-0.2, 0) is 10.0 Å². The van der Waals surface area contributed by atoms with E-state index in [1.165, 1.54) is 4.31 Å². The molecule has 1 aromatic carbocycles. The number of halogens is 1. The van der Waals surface area contributed by atoms with Crippen LogP contribution in [0.25, 0.3) is 0 Å². The van der Waals surface area contributed by atoms with E-state index in [0.29, 0.717) is 11.4 Å². The highest BCUT2D eigenvalue weighted by molar-refractivity contribution is 9.10. The summed E-state index contributed by atoms with van der Waals surface area (Å²) < 4.78 is 26.2. The molecule has 2 atom stereocenters. The van der Waals surface area contributed by atoms with Crippen LogP contribution in [0, 0.1) is 0 Å². The van der Waals surface area contributed by atoms with Crippen molar-refractivity contribution in [3.63, 3.8) is 0 Å². The van der Waals surface area contributed by atoms with Crippen molar-refractivity contribution in [2.45, 2.75) is 10.9 Å². The second-order valence-electron chi connectivity index (χ2n) is 3.33. The van der Waals surface area contributed by atoms with E-state index in [4.69, 9.17) is 0 Å². The van der Waals surface area contributed by atoms with Crippen LogP contribution in [0.4, 0.5) is 0 Å². The minimum Gasteiger partial charge on any atom is -0.207 e. The fourth-order valence-corrected chi connectivity index (χ4v) is 3.15. The van der Waals surface area contributed by atoms with Crippen molar-refractivity contribution < 1.29 is 8.42 Å². The SMILES string of the molecule is C=C[C@@H]1CN1S(=O)(=O)c1ccc(Br)cc1. The van der Waals surface area contributed by atoms with E-state index in [2.05, 4.69) is 22.5 Å². The Balaban J connectivity index is 2.31. The Bertz CT molecular complexity index is 481. The average molecular weight is 288 g/mol. The van der Waals surface area contributed by atoms with Crippen LogP contribution >= 0.6 is 15.9 Å². The molecule has 0 spiro atoms. The molecule has 0 N–H and O–H groups in total. The number of hydrogen-bond acceptors (Lipinski definition) is 2. The Labute approximate surface area is 97.6 Å². The highest BCUT2D eigenvalue weighted by Gasteiger charge is 2.42. The Kier molecular flexibility index (Phi) is 2.70. The van der Waals surface area contributed by atoms with Crippen molar-refractivity contribution in [2.75, 3.05) is 6.54 Å². The Morgan fingerprint density at radius 3 is 2.47 bits per heavy atom. The van der Waals surface area contributed by atoms with Crippen molar-refractivity contribution in [3.8, 4) is 0 Å². The van der Waals surface area contributed by atoms with Crippen LogP contribution in [-0.4, -0.2) is 25.3 Å². The first-order chi connectivity index (χ1) is 7.05. The second kappa shape index (κ2) is 3.73. The van der Waals surface area contributed by atoms with Gasteiger partial charge in [-0.25, -0.2) is 8.42 Å². The highest BCUT2D eigenvalue weighted by atomic mass is 79.9. The van der Waals surface area contributed by atoms with E-state index >= 15 is 0 Å². The third-order valence-corrected chi connectivity index (χ3v) is 4.73. The van der Waals surface area contributed by atoms with Crippen LogP contribution in [0.5, 0.6) is 0 Å². The lowest BCUT2D eigenvalue weighted by Crippen LogP contribution is -2.13. The summed E-state index contributed by atoms with van der Waals surface area (Å²) in [6.45, 7) is 4.12. The lowest BCUT2D eigenvalue weighted by molar-refractivity contribution is 0.558. The molecule has 0 aromatic heterocycles. The Hall–Kier alpha value is -0.650. The van der Waals surface area contributed by atoms with Gasteiger partial charge >= 0.3 is 0 Å². The molecule has 15 heavy (non-hydrogen) atoms. The fourth-order valence-electron chi connectivity index (χ4n) is 1.35. The normalized spacial score (nSPS) is 24.9. The smallest absolute Gasteiger partial charge is 0.207 e.